The van der Waals surface area contributed by atoms with Crippen LogP contribution in [0.3, 0.4) is 0 Å². The van der Waals surface area contributed by atoms with E-state index in [4.69, 9.17) is 4.74 Å². The summed E-state index contributed by atoms with van der Waals surface area (Å²) in [6.45, 7) is 3.43. The zero-order valence-electron chi connectivity index (χ0n) is 16.6. The number of aryl methyl sites for hydroxylation is 2. The second-order valence-corrected chi connectivity index (χ2v) is 7.29. The van der Waals surface area contributed by atoms with Crippen LogP contribution in [-0.4, -0.2) is 41.1 Å². The number of rotatable bonds is 7. The highest BCUT2D eigenvalue weighted by atomic mass is 16.5. The summed E-state index contributed by atoms with van der Waals surface area (Å²) in [7, 11) is 1.55. The molecule has 1 aliphatic heterocycles. The lowest BCUT2D eigenvalue weighted by atomic mass is 9.90. The number of ether oxygens (including phenoxy) is 1. The first kappa shape index (κ1) is 20.4. The number of amides is 3. The number of hydrogen-bond donors (Lipinski definition) is 2. The van der Waals surface area contributed by atoms with Crippen molar-refractivity contribution in [1.29, 1.82) is 0 Å². The van der Waals surface area contributed by atoms with Crippen LogP contribution >= 0.6 is 0 Å². The van der Waals surface area contributed by atoms with Gasteiger partial charge in [0.05, 0.1) is 7.11 Å². The van der Waals surface area contributed by atoms with Gasteiger partial charge in [-0.15, -0.1) is 0 Å². The van der Waals surface area contributed by atoms with Crippen molar-refractivity contribution >= 4 is 17.9 Å². The van der Waals surface area contributed by atoms with Gasteiger partial charge in [-0.3, -0.25) is 4.79 Å². The summed E-state index contributed by atoms with van der Waals surface area (Å²) in [5.41, 5.74) is 0.989. The van der Waals surface area contributed by atoms with Crippen LogP contribution in [0.2, 0.25) is 0 Å². The zero-order valence-corrected chi connectivity index (χ0v) is 16.6. The van der Waals surface area contributed by atoms with E-state index in [0.29, 0.717) is 17.7 Å². The summed E-state index contributed by atoms with van der Waals surface area (Å²) >= 11 is 0. The summed E-state index contributed by atoms with van der Waals surface area (Å²) in [5, 5.41) is 12.4. The molecule has 3 amide bonds. The topological polar surface area (TPSA) is 95.9 Å². The fourth-order valence-corrected chi connectivity index (χ4v) is 3.64. The van der Waals surface area contributed by atoms with Crippen LogP contribution in [0.1, 0.15) is 30.0 Å². The van der Waals surface area contributed by atoms with Crippen LogP contribution in [0.5, 0.6) is 5.75 Å². The Balaban J connectivity index is 1.87. The summed E-state index contributed by atoms with van der Waals surface area (Å²) in [6.07, 6.45) is 0.573. The monoisotopic (exact) mass is 396 g/mol. The van der Waals surface area contributed by atoms with Gasteiger partial charge in [0, 0.05) is 0 Å². The van der Waals surface area contributed by atoms with Gasteiger partial charge in [-0.25, -0.2) is 14.5 Å². The van der Waals surface area contributed by atoms with Crippen molar-refractivity contribution in [2.24, 2.45) is 0 Å². The standard InChI is InChI=1S/C22H24N2O5/c1-14-13-16(10-12-18(14)29-3)22(2)20(27)24(21(28)23-22)17(19(25)26)11-9-15-7-5-4-6-8-15/h4-8,10,12-13,17H,9,11H2,1-3H3,(H,23,28)(H,25,26). The van der Waals surface area contributed by atoms with Crippen LogP contribution < -0.4 is 10.1 Å². The molecular weight excluding hydrogens is 372 g/mol. The Morgan fingerprint density at radius 3 is 2.48 bits per heavy atom. The third-order valence-corrected chi connectivity index (χ3v) is 5.34. The molecule has 29 heavy (non-hydrogen) atoms. The van der Waals surface area contributed by atoms with E-state index in [-0.39, 0.29) is 6.42 Å². The van der Waals surface area contributed by atoms with Gasteiger partial charge in [0.2, 0.25) is 0 Å². The summed E-state index contributed by atoms with van der Waals surface area (Å²) in [4.78, 5) is 38.6. The molecule has 7 nitrogen and oxygen atoms in total. The molecule has 0 aromatic heterocycles. The molecule has 2 aromatic rings. The highest BCUT2D eigenvalue weighted by molar-refractivity contribution is 6.09. The highest BCUT2D eigenvalue weighted by Gasteiger charge is 2.52. The van der Waals surface area contributed by atoms with Crippen molar-refractivity contribution in [1.82, 2.24) is 10.2 Å². The predicted molar refractivity (Wildman–Crippen MR) is 107 cm³/mol. The number of nitrogens with one attached hydrogen (secondary N) is 1. The fraction of sp³-hybridized carbons (Fsp3) is 0.318. The maximum absolute atomic E-state index is 13.2. The average molecular weight is 396 g/mol. The van der Waals surface area contributed by atoms with Crippen LogP contribution in [0.15, 0.2) is 48.5 Å². The number of hydrogen-bond acceptors (Lipinski definition) is 4. The molecule has 152 valence electrons. The quantitative estimate of drug-likeness (QED) is 0.702. The smallest absolute Gasteiger partial charge is 0.327 e. The van der Waals surface area contributed by atoms with Crippen molar-refractivity contribution in [2.75, 3.05) is 7.11 Å². The Labute approximate surface area is 169 Å². The van der Waals surface area contributed by atoms with Crippen LogP contribution in [-0.2, 0) is 21.5 Å². The molecule has 0 bridgehead atoms. The zero-order chi connectivity index (χ0) is 21.2. The molecule has 2 aromatic carbocycles. The second kappa shape index (κ2) is 7.95. The van der Waals surface area contributed by atoms with E-state index in [9.17, 15) is 19.5 Å². The molecular formula is C22H24N2O5. The molecule has 3 rings (SSSR count). The molecule has 1 aliphatic rings. The lowest BCUT2D eigenvalue weighted by Gasteiger charge is -2.25. The summed E-state index contributed by atoms with van der Waals surface area (Å²) in [6, 6.07) is 12.6. The van der Waals surface area contributed by atoms with E-state index in [1.807, 2.05) is 37.3 Å². The number of carboxylic acids is 1. The molecule has 0 radical (unpaired) electrons. The molecule has 0 saturated carbocycles. The Bertz CT molecular complexity index is 943. The van der Waals surface area contributed by atoms with Gasteiger partial charge in [-0.05, 0) is 55.5 Å². The van der Waals surface area contributed by atoms with Gasteiger partial charge in [-0.1, -0.05) is 36.4 Å². The Hall–Kier alpha value is -3.35. The Morgan fingerprint density at radius 1 is 1.21 bits per heavy atom. The fourth-order valence-electron chi connectivity index (χ4n) is 3.64. The van der Waals surface area contributed by atoms with E-state index in [0.717, 1.165) is 16.0 Å². The van der Waals surface area contributed by atoms with E-state index in [1.54, 1.807) is 32.2 Å². The number of carboxylic acid groups (broad SMARTS) is 1. The van der Waals surface area contributed by atoms with Gasteiger partial charge in [0.15, 0.2) is 0 Å². The largest absolute Gasteiger partial charge is 0.496 e. The first-order valence-electron chi connectivity index (χ1n) is 9.35. The molecule has 2 N–H and O–H groups in total. The van der Waals surface area contributed by atoms with Crippen molar-refractivity contribution in [3.05, 3.63) is 65.2 Å². The normalized spacial score (nSPS) is 19.8. The van der Waals surface area contributed by atoms with E-state index < -0.39 is 29.5 Å². The Kier molecular flexibility index (Phi) is 5.59. The van der Waals surface area contributed by atoms with Crippen LogP contribution in [0, 0.1) is 6.92 Å². The Morgan fingerprint density at radius 2 is 1.90 bits per heavy atom. The molecule has 7 heteroatoms. The molecule has 1 saturated heterocycles. The first-order chi connectivity index (χ1) is 13.8. The van der Waals surface area contributed by atoms with E-state index >= 15 is 0 Å². The number of carbonyl (C=O) groups excluding carboxylic acids is 2. The highest BCUT2D eigenvalue weighted by Crippen LogP contribution is 2.33. The molecule has 0 spiro atoms. The SMILES string of the molecule is COc1ccc(C2(C)NC(=O)N(C(CCc3ccccc3)C(=O)O)C2=O)cc1C. The van der Waals surface area contributed by atoms with Crippen LogP contribution in [0.25, 0.3) is 0 Å². The van der Waals surface area contributed by atoms with Gasteiger partial charge in [-0.2, -0.15) is 0 Å². The number of methoxy groups -OCH3 is 1. The number of imide groups is 1. The molecule has 0 aliphatic carbocycles. The van der Waals surface area contributed by atoms with Gasteiger partial charge < -0.3 is 15.2 Å². The predicted octanol–water partition coefficient (Wildman–Crippen LogP) is 2.86. The number of carbonyl (C=O) groups is 3. The number of urea groups is 1. The van der Waals surface area contributed by atoms with Crippen molar-refractivity contribution in [3.63, 3.8) is 0 Å². The van der Waals surface area contributed by atoms with Gasteiger partial charge in [0.1, 0.15) is 17.3 Å². The lowest BCUT2D eigenvalue weighted by Crippen LogP contribution is -2.47. The van der Waals surface area contributed by atoms with Crippen molar-refractivity contribution in [2.45, 2.75) is 38.3 Å². The minimum Gasteiger partial charge on any atom is -0.496 e. The van der Waals surface area contributed by atoms with Crippen molar-refractivity contribution < 1.29 is 24.2 Å². The van der Waals surface area contributed by atoms with Crippen molar-refractivity contribution in [3.8, 4) is 5.75 Å². The molecule has 1 heterocycles. The third-order valence-electron chi connectivity index (χ3n) is 5.34. The minimum absolute atomic E-state index is 0.135. The summed E-state index contributed by atoms with van der Waals surface area (Å²) < 4.78 is 5.25. The third kappa shape index (κ3) is 3.81. The second-order valence-electron chi connectivity index (χ2n) is 7.29. The number of aliphatic carboxylic acids is 1. The average Bonchev–Trinajstić information content (AvgIpc) is 2.93. The number of nitrogens with zero attached hydrogens (tertiary/aromatic N) is 1. The number of benzene rings is 2. The minimum atomic E-state index is -1.34. The van der Waals surface area contributed by atoms with E-state index in [2.05, 4.69) is 5.32 Å². The van der Waals surface area contributed by atoms with Gasteiger partial charge >= 0.3 is 12.0 Å². The maximum Gasteiger partial charge on any atom is 0.327 e. The lowest BCUT2D eigenvalue weighted by molar-refractivity contribution is -0.148. The van der Waals surface area contributed by atoms with Crippen LogP contribution in [0.4, 0.5) is 4.79 Å². The first-order valence-corrected chi connectivity index (χ1v) is 9.35. The van der Waals surface area contributed by atoms with Gasteiger partial charge in [0.25, 0.3) is 5.91 Å². The molecule has 2 atom stereocenters. The summed E-state index contributed by atoms with van der Waals surface area (Å²) in [5.74, 6) is -1.12. The molecule has 2 unspecified atom stereocenters. The maximum atomic E-state index is 13.2. The molecule has 1 fully saturated rings. The van der Waals surface area contributed by atoms with E-state index in [1.165, 1.54) is 0 Å².